The summed E-state index contributed by atoms with van der Waals surface area (Å²) in [5, 5.41) is 0. The zero-order chi connectivity index (χ0) is 18.2. The minimum Gasteiger partial charge on any atom is -0.353 e. The van der Waals surface area contributed by atoms with Gasteiger partial charge in [-0.15, -0.1) is 0 Å². The molecular weight excluding hydrogens is 341 g/mol. The molecule has 0 N–H and O–H groups in total. The molecule has 2 aliphatic rings. The summed E-state index contributed by atoms with van der Waals surface area (Å²) >= 11 is 0. The summed E-state index contributed by atoms with van der Waals surface area (Å²) in [4.78, 5) is 11.9. The second kappa shape index (κ2) is 6.54. The Morgan fingerprint density at radius 1 is 1.04 bits per heavy atom. The van der Waals surface area contributed by atoms with Gasteiger partial charge in [0.05, 0.1) is 5.41 Å². The third kappa shape index (κ3) is 3.05. The van der Waals surface area contributed by atoms with E-state index >= 15 is 0 Å². The van der Waals surface area contributed by atoms with Crippen LogP contribution in [0.5, 0.6) is 0 Å². The van der Waals surface area contributed by atoms with Gasteiger partial charge in [-0.2, -0.15) is 0 Å². The molecule has 138 valence electrons. The van der Waals surface area contributed by atoms with E-state index in [4.69, 9.17) is 0 Å². The SMILES string of the molecule is Fc1cccnc1N1CC[C@]2(CN(Cc3cccnc3)CCC2(F)F)C1. The van der Waals surface area contributed by atoms with Gasteiger partial charge in [-0.3, -0.25) is 9.88 Å². The molecule has 0 radical (unpaired) electrons. The Hall–Kier alpha value is -2.15. The predicted octanol–water partition coefficient (Wildman–Crippen LogP) is 3.35. The first kappa shape index (κ1) is 17.3. The highest BCUT2D eigenvalue weighted by Crippen LogP contribution is 2.50. The molecule has 0 amide bonds. The Labute approximate surface area is 150 Å². The van der Waals surface area contributed by atoms with Crippen LogP contribution < -0.4 is 4.90 Å². The van der Waals surface area contributed by atoms with Crippen LogP contribution in [0.2, 0.25) is 0 Å². The van der Waals surface area contributed by atoms with E-state index in [1.807, 2.05) is 12.1 Å². The Balaban J connectivity index is 1.54. The number of hydrogen-bond acceptors (Lipinski definition) is 4. The predicted molar refractivity (Wildman–Crippen MR) is 92.5 cm³/mol. The van der Waals surface area contributed by atoms with Gasteiger partial charge in [0, 0.05) is 57.7 Å². The summed E-state index contributed by atoms with van der Waals surface area (Å²) in [6.07, 6.45) is 5.12. The van der Waals surface area contributed by atoms with Crippen LogP contribution in [0.1, 0.15) is 18.4 Å². The number of hydrogen-bond donors (Lipinski definition) is 0. The van der Waals surface area contributed by atoms with Crippen molar-refractivity contribution in [3.8, 4) is 0 Å². The van der Waals surface area contributed by atoms with Gasteiger partial charge in [0.2, 0.25) is 0 Å². The Kier molecular flexibility index (Phi) is 4.34. The summed E-state index contributed by atoms with van der Waals surface area (Å²) in [6.45, 7) is 1.76. The normalized spacial score (nSPS) is 25.7. The first-order chi connectivity index (χ1) is 12.5. The van der Waals surface area contributed by atoms with Gasteiger partial charge in [0.25, 0.3) is 5.92 Å². The number of pyridine rings is 2. The maximum atomic E-state index is 14.9. The molecule has 0 aliphatic carbocycles. The molecule has 2 aromatic rings. The van der Waals surface area contributed by atoms with E-state index in [0.29, 0.717) is 32.6 Å². The number of piperidine rings is 1. The Bertz CT molecular complexity index is 770. The van der Waals surface area contributed by atoms with Gasteiger partial charge < -0.3 is 4.90 Å². The van der Waals surface area contributed by atoms with Crippen LogP contribution in [0.25, 0.3) is 0 Å². The van der Waals surface area contributed by atoms with E-state index in [1.165, 1.54) is 18.3 Å². The molecule has 1 spiro atoms. The summed E-state index contributed by atoms with van der Waals surface area (Å²) in [7, 11) is 0. The van der Waals surface area contributed by atoms with Crippen LogP contribution in [0.3, 0.4) is 0 Å². The molecule has 0 aromatic carbocycles. The van der Waals surface area contributed by atoms with Gasteiger partial charge in [-0.25, -0.2) is 18.2 Å². The number of anilines is 1. The van der Waals surface area contributed by atoms with E-state index in [9.17, 15) is 13.2 Å². The molecule has 0 saturated carbocycles. The lowest BCUT2D eigenvalue weighted by molar-refractivity contribution is -0.158. The minimum absolute atomic E-state index is 0.122. The number of nitrogens with zero attached hydrogens (tertiary/aromatic N) is 4. The number of aromatic nitrogens is 2. The third-order valence-electron chi connectivity index (χ3n) is 5.57. The highest BCUT2D eigenvalue weighted by Gasteiger charge is 2.59. The van der Waals surface area contributed by atoms with Gasteiger partial charge in [0.1, 0.15) is 0 Å². The van der Waals surface area contributed by atoms with Crippen LogP contribution in [0.4, 0.5) is 19.0 Å². The van der Waals surface area contributed by atoms with Crippen molar-refractivity contribution in [2.45, 2.75) is 25.3 Å². The summed E-state index contributed by atoms with van der Waals surface area (Å²) in [5.74, 6) is -3.06. The van der Waals surface area contributed by atoms with Crippen LogP contribution in [0, 0.1) is 11.2 Å². The first-order valence-electron chi connectivity index (χ1n) is 8.84. The maximum Gasteiger partial charge on any atom is 0.257 e. The van der Waals surface area contributed by atoms with Gasteiger partial charge in [-0.1, -0.05) is 6.07 Å². The van der Waals surface area contributed by atoms with Crippen molar-refractivity contribution in [3.63, 3.8) is 0 Å². The lowest BCUT2D eigenvalue weighted by atomic mass is 9.75. The van der Waals surface area contributed by atoms with Crippen molar-refractivity contribution < 1.29 is 13.2 Å². The summed E-state index contributed by atoms with van der Waals surface area (Å²) < 4.78 is 43.8. The molecule has 4 heterocycles. The number of alkyl halides is 2. The molecule has 2 aromatic heterocycles. The Morgan fingerprint density at radius 3 is 2.65 bits per heavy atom. The quantitative estimate of drug-likeness (QED) is 0.838. The molecule has 0 bridgehead atoms. The van der Waals surface area contributed by atoms with Crippen molar-refractivity contribution in [1.82, 2.24) is 14.9 Å². The molecular formula is C19H21F3N4. The largest absolute Gasteiger partial charge is 0.353 e. The minimum atomic E-state index is -2.77. The average molecular weight is 362 g/mol. The molecule has 0 unspecified atom stereocenters. The van der Waals surface area contributed by atoms with Crippen molar-refractivity contribution in [2.24, 2.45) is 5.41 Å². The Morgan fingerprint density at radius 2 is 1.88 bits per heavy atom. The molecule has 26 heavy (non-hydrogen) atoms. The molecule has 2 saturated heterocycles. The summed E-state index contributed by atoms with van der Waals surface area (Å²) in [5.41, 5.74) is -0.157. The van der Waals surface area contributed by atoms with Gasteiger partial charge >= 0.3 is 0 Å². The molecule has 1 atom stereocenters. The lowest BCUT2D eigenvalue weighted by Gasteiger charge is -2.46. The zero-order valence-corrected chi connectivity index (χ0v) is 14.4. The van der Waals surface area contributed by atoms with Crippen LogP contribution in [-0.2, 0) is 6.54 Å². The number of halogens is 3. The molecule has 2 fully saturated rings. The van der Waals surface area contributed by atoms with Crippen molar-refractivity contribution in [3.05, 3.63) is 54.2 Å². The van der Waals surface area contributed by atoms with Crippen molar-refractivity contribution >= 4 is 5.82 Å². The van der Waals surface area contributed by atoms with Crippen LogP contribution >= 0.6 is 0 Å². The third-order valence-corrected chi connectivity index (χ3v) is 5.57. The second-order valence-electron chi connectivity index (χ2n) is 7.29. The maximum absolute atomic E-state index is 14.9. The fourth-order valence-corrected chi connectivity index (χ4v) is 4.16. The molecule has 4 rings (SSSR count). The monoisotopic (exact) mass is 362 g/mol. The van der Waals surface area contributed by atoms with E-state index in [-0.39, 0.29) is 18.8 Å². The fraction of sp³-hybridized carbons (Fsp3) is 0.474. The highest BCUT2D eigenvalue weighted by molar-refractivity contribution is 5.42. The zero-order valence-electron chi connectivity index (χ0n) is 14.4. The van der Waals surface area contributed by atoms with Gasteiger partial charge in [-0.05, 0) is 30.2 Å². The highest BCUT2D eigenvalue weighted by atomic mass is 19.3. The standard InChI is InChI=1S/C19H21F3N4/c20-16-4-2-8-24-17(16)26-10-5-18(14-26)13-25(9-6-19(18,21)22)12-15-3-1-7-23-11-15/h1-4,7-8,11H,5-6,9-10,12-14H2/t18-/m0/s1. The fourth-order valence-electron chi connectivity index (χ4n) is 4.16. The van der Waals surface area contributed by atoms with E-state index < -0.39 is 17.2 Å². The first-order valence-corrected chi connectivity index (χ1v) is 8.84. The smallest absolute Gasteiger partial charge is 0.257 e. The molecule has 7 heteroatoms. The topological polar surface area (TPSA) is 32.3 Å². The molecule has 4 nitrogen and oxygen atoms in total. The number of likely N-dealkylation sites (tertiary alicyclic amines) is 1. The van der Waals surface area contributed by atoms with Crippen LogP contribution in [-0.4, -0.2) is 47.0 Å². The van der Waals surface area contributed by atoms with Crippen molar-refractivity contribution in [2.75, 3.05) is 31.1 Å². The number of rotatable bonds is 3. The molecule has 2 aliphatic heterocycles. The van der Waals surface area contributed by atoms with Gasteiger partial charge in [0.15, 0.2) is 11.6 Å². The summed E-state index contributed by atoms with van der Waals surface area (Å²) in [6, 6.07) is 6.64. The van der Waals surface area contributed by atoms with E-state index in [1.54, 1.807) is 17.3 Å². The average Bonchev–Trinajstić information content (AvgIpc) is 3.05. The van der Waals surface area contributed by atoms with E-state index in [0.717, 1.165) is 5.56 Å². The lowest BCUT2D eigenvalue weighted by Crippen LogP contribution is -2.56. The second-order valence-corrected chi connectivity index (χ2v) is 7.29. The van der Waals surface area contributed by atoms with E-state index in [2.05, 4.69) is 14.9 Å². The van der Waals surface area contributed by atoms with Crippen molar-refractivity contribution in [1.29, 1.82) is 0 Å². The van der Waals surface area contributed by atoms with Crippen LogP contribution in [0.15, 0.2) is 42.9 Å².